The first-order chi connectivity index (χ1) is 8.43. The summed E-state index contributed by atoms with van der Waals surface area (Å²) in [5.41, 5.74) is 0. The molecule has 0 aromatic rings. The molecule has 0 aromatic carbocycles. The highest BCUT2D eigenvalue weighted by atomic mass is 33.1. The van der Waals surface area contributed by atoms with Gasteiger partial charge >= 0.3 is 0 Å². The van der Waals surface area contributed by atoms with E-state index in [1.54, 1.807) is 0 Å². The van der Waals surface area contributed by atoms with Gasteiger partial charge in [-0.1, -0.05) is 86.3 Å². The predicted molar refractivity (Wildman–Crippen MR) is 84.9 cm³/mol. The second kappa shape index (κ2) is 11.8. The van der Waals surface area contributed by atoms with Crippen LogP contribution in [0.2, 0.25) is 0 Å². The van der Waals surface area contributed by atoms with E-state index < -0.39 is 0 Å². The van der Waals surface area contributed by atoms with E-state index in [4.69, 9.17) is 0 Å². The van der Waals surface area contributed by atoms with Gasteiger partial charge in [0.25, 0.3) is 0 Å². The molecular weight excluding hydrogens is 244 g/mol. The van der Waals surface area contributed by atoms with Crippen molar-refractivity contribution in [3.63, 3.8) is 0 Å². The smallest absolute Gasteiger partial charge is 0.0151 e. The van der Waals surface area contributed by atoms with Crippen LogP contribution >= 0.6 is 21.6 Å². The predicted octanol–water partition coefficient (Wildman–Crippen LogP) is 6.45. The van der Waals surface area contributed by atoms with E-state index in [1.807, 2.05) is 0 Å². The van der Waals surface area contributed by atoms with Gasteiger partial charge in [0.05, 0.1) is 0 Å². The topological polar surface area (TPSA) is 0 Å². The molecule has 0 aromatic heterocycles. The summed E-state index contributed by atoms with van der Waals surface area (Å²) in [6.45, 7) is 2.29. The molecule has 0 unspecified atom stereocenters. The van der Waals surface area contributed by atoms with Crippen LogP contribution in [0.25, 0.3) is 0 Å². The van der Waals surface area contributed by atoms with Crippen molar-refractivity contribution < 1.29 is 0 Å². The number of hydrogen-bond donors (Lipinski definition) is 0. The Bertz CT molecular complexity index is 153. The summed E-state index contributed by atoms with van der Waals surface area (Å²) >= 11 is 0. The zero-order valence-corrected chi connectivity index (χ0v) is 13.2. The van der Waals surface area contributed by atoms with Gasteiger partial charge < -0.3 is 0 Å². The van der Waals surface area contributed by atoms with Crippen molar-refractivity contribution in [3.05, 3.63) is 0 Å². The van der Waals surface area contributed by atoms with Crippen LogP contribution in [0.1, 0.15) is 84.0 Å². The Labute approximate surface area is 116 Å². The lowest BCUT2D eigenvalue weighted by Gasteiger charge is -2.07. The molecule has 2 heteroatoms. The van der Waals surface area contributed by atoms with Gasteiger partial charge in [-0.2, -0.15) is 0 Å². The third-order valence-corrected chi connectivity index (χ3v) is 6.65. The lowest BCUT2D eigenvalue weighted by molar-refractivity contribution is 0.586. The summed E-state index contributed by atoms with van der Waals surface area (Å²) in [5.74, 6) is 1.39. The molecule has 0 radical (unpaired) electrons. The van der Waals surface area contributed by atoms with E-state index in [1.165, 1.54) is 82.8 Å². The molecule has 1 aliphatic rings. The van der Waals surface area contributed by atoms with Crippen LogP contribution < -0.4 is 0 Å². The van der Waals surface area contributed by atoms with Crippen LogP contribution in [0.3, 0.4) is 0 Å². The Morgan fingerprint density at radius 3 is 2.06 bits per heavy atom. The quantitative estimate of drug-likeness (QED) is 0.313. The minimum absolute atomic E-state index is 0.994. The third kappa shape index (κ3) is 9.30. The van der Waals surface area contributed by atoms with Gasteiger partial charge in [-0.25, -0.2) is 0 Å². The van der Waals surface area contributed by atoms with Crippen LogP contribution in [0.5, 0.6) is 0 Å². The van der Waals surface area contributed by atoms with Gasteiger partial charge in [0.1, 0.15) is 0 Å². The molecule has 1 saturated carbocycles. The minimum Gasteiger partial charge on any atom is -0.0939 e. The molecule has 102 valence electrons. The Kier molecular flexibility index (Phi) is 10.9. The normalized spacial score (nSPS) is 16.8. The standard InChI is InChI=1S/C15H30S2/c1-2-3-4-5-6-7-8-11-14-16-17-15-12-9-10-13-15/h15H,2-14H2,1H3. The third-order valence-electron chi connectivity index (χ3n) is 3.59. The Balaban J connectivity index is 1.69. The molecule has 0 N–H and O–H groups in total. The maximum absolute atomic E-state index is 2.29. The number of hydrogen-bond acceptors (Lipinski definition) is 2. The Morgan fingerprint density at radius 2 is 1.41 bits per heavy atom. The second-order valence-electron chi connectivity index (χ2n) is 5.30. The summed E-state index contributed by atoms with van der Waals surface area (Å²) in [7, 11) is 4.31. The van der Waals surface area contributed by atoms with Gasteiger partial charge in [-0.05, 0) is 19.3 Å². The first-order valence-electron chi connectivity index (χ1n) is 7.71. The van der Waals surface area contributed by atoms with Gasteiger partial charge in [0, 0.05) is 11.0 Å². The molecule has 1 rings (SSSR count). The zero-order chi connectivity index (χ0) is 12.2. The summed E-state index contributed by atoms with van der Waals surface area (Å²) in [4.78, 5) is 0. The largest absolute Gasteiger partial charge is 0.0939 e. The highest BCUT2D eigenvalue weighted by molar-refractivity contribution is 8.76. The molecule has 0 atom stereocenters. The Hall–Kier alpha value is 0.700. The van der Waals surface area contributed by atoms with Crippen LogP contribution in [-0.2, 0) is 0 Å². The lowest BCUT2D eigenvalue weighted by Crippen LogP contribution is -1.90. The molecule has 0 bridgehead atoms. The van der Waals surface area contributed by atoms with Crippen molar-refractivity contribution in [2.75, 3.05) is 5.75 Å². The van der Waals surface area contributed by atoms with Crippen molar-refractivity contribution in [1.29, 1.82) is 0 Å². The summed E-state index contributed by atoms with van der Waals surface area (Å²) < 4.78 is 0. The molecule has 17 heavy (non-hydrogen) atoms. The summed E-state index contributed by atoms with van der Waals surface area (Å²) in [6.07, 6.45) is 17.5. The minimum atomic E-state index is 0.994. The number of rotatable bonds is 11. The highest BCUT2D eigenvalue weighted by Crippen LogP contribution is 2.37. The molecule has 0 amide bonds. The fourth-order valence-corrected chi connectivity index (χ4v) is 5.36. The molecule has 0 aliphatic heterocycles. The van der Waals surface area contributed by atoms with Crippen molar-refractivity contribution in [2.24, 2.45) is 0 Å². The van der Waals surface area contributed by atoms with E-state index in [0.29, 0.717) is 0 Å². The highest BCUT2D eigenvalue weighted by Gasteiger charge is 2.14. The van der Waals surface area contributed by atoms with Gasteiger partial charge in [0.2, 0.25) is 0 Å². The fraction of sp³-hybridized carbons (Fsp3) is 1.00. The average Bonchev–Trinajstić information content (AvgIpc) is 2.85. The maximum Gasteiger partial charge on any atom is 0.0151 e. The van der Waals surface area contributed by atoms with Gasteiger partial charge in [0.15, 0.2) is 0 Å². The SMILES string of the molecule is CCCCCCCCCCSSC1CCCC1. The zero-order valence-electron chi connectivity index (χ0n) is 11.6. The summed E-state index contributed by atoms with van der Waals surface area (Å²) in [5, 5.41) is 0.994. The maximum atomic E-state index is 2.29. The van der Waals surface area contributed by atoms with Crippen LogP contribution in [-0.4, -0.2) is 11.0 Å². The van der Waals surface area contributed by atoms with Crippen LogP contribution in [0.15, 0.2) is 0 Å². The molecule has 0 heterocycles. The van der Waals surface area contributed by atoms with E-state index in [2.05, 4.69) is 28.5 Å². The van der Waals surface area contributed by atoms with Crippen molar-refractivity contribution in [2.45, 2.75) is 89.2 Å². The average molecular weight is 275 g/mol. The van der Waals surface area contributed by atoms with E-state index in [9.17, 15) is 0 Å². The fourth-order valence-electron chi connectivity index (χ4n) is 2.42. The van der Waals surface area contributed by atoms with Crippen molar-refractivity contribution >= 4 is 21.6 Å². The second-order valence-corrected chi connectivity index (χ2v) is 8.09. The van der Waals surface area contributed by atoms with E-state index >= 15 is 0 Å². The summed E-state index contributed by atoms with van der Waals surface area (Å²) in [6, 6.07) is 0. The van der Waals surface area contributed by atoms with Crippen molar-refractivity contribution in [1.82, 2.24) is 0 Å². The van der Waals surface area contributed by atoms with E-state index in [0.717, 1.165) is 5.25 Å². The van der Waals surface area contributed by atoms with Gasteiger partial charge in [-0.3, -0.25) is 0 Å². The van der Waals surface area contributed by atoms with Crippen LogP contribution in [0, 0.1) is 0 Å². The molecule has 1 fully saturated rings. The molecule has 0 nitrogen and oxygen atoms in total. The number of unbranched alkanes of at least 4 members (excludes halogenated alkanes) is 7. The van der Waals surface area contributed by atoms with E-state index in [-0.39, 0.29) is 0 Å². The first kappa shape index (κ1) is 15.8. The van der Waals surface area contributed by atoms with Gasteiger partial charge in [-0.15, -0.1) is 0 Å². The Morgan fingerprint density at radius 1 is 0.824 bits per heavy atom. The molecular formula is C15H30S2. The van der Waals surface area contributed by atoms with Crippen LogP contribution in [0.4, 0.5) is 0 Å². The monoisotopic (exact) mass is 274 g/mol. The molecule has 0 spiro atoms. The first-order valence-corrected chi connectivity index (χ1v) is 10.1. The molecule has 0 saturated heterocycles. The lowest BCUT2D eigenvalue weighted by atomic mass is 10.1. The molecule has 1 aliphatic carbocycles. The van der Waals surface area contributed by atoms with Crippen molar-refractivity contribution in [3.8, 4) is 0 Å².